The van der Waals surface area contributed by atoms with Crippen LogP contribution in [0.1, 0.15) is 12.6 Å². The summed E-state index contributed by atoms with van der Waals surface area (Å²) in [5.74, 6) is -0.284. The lowest BCUT2D eigenvalue weighted by molar-refractivity contribution is -0.274. The Morgan fingerprint density at radius 2 is 2.05 bits per heavy atom. The zero-order valence-electron chi connectivity index (χ0n) is 10.5. The van der Waals surface area contributed by atoms with E-state index in [0.717, 1.165) is 5.69 Å². The summed E-state index contributed by atoms with van der Waals surface area (Å²) in [5, 5.41) is 3.71. The zero-order chi connectivity index (χ0) is 14.0. The summed E-state index contributed by atoms with van der Waals surface area (Å²) in [7, 11) is 0. The number of anilines is 1. The Hall–Kier alpha value is -1.98. The number of benzene rings is 1. The Labute approximate surface area is 108 Å². The quantitative estimate of drug-likeness (QED) is 0.919. The summed E-state index contributed by atoms with van der Waals surface area (Å²) in [4.78, 5) is 4.14. The van der Waals surface area contributed by atoms with Crippen molar-refractivity contribution >= 4 is 16.6 Å². The lowest BCUT2D eigenvalue weighted by atomic mass is 10.1. The molecular weight excluding hydrogens is 257 g/mol. The monoisotopic (exact) mass is 270 g/mol. The molecule has 0 bridgehead atoms. The number of alkyl halides is 3. The molecule has 0 saturated heterocycles. The van der Waals surface area contributed by atoms with E-state index in [2.05, 4.69) is 15.0 Å². The normalized spacial score (nSPS) is 11.6. The van der Waals surface area contributed by atoms with Crippen molar-refractivity contribution in [2.75, 3.05) is 11.9 Å². The number of hydrogen-bond donors (Lipinski definition) is 1. The Morgan fingerprint density at radius 1 is 1.32 bits per heavy atom. The Kier molecular flexibility index (Phi) is 3.50. The second-order valence-electron chi connectivity index (χ2n) is 4.04. The van der Waals surface area contributed by atoms with Crippen LogP contribution >= 0.6 is 0 Å². The van der Waals surface area contributed by atoms with Crippen LogP contribution in [0.4, 0.5) is 18.9 Å². The SMILES string of the molecule is CCNc1cc(C)nc2c(OC(F)(F)F)cccc12. The number of rotatable bonds is 3. The molecule has 0 saturated carbocycles. The maximum absolute atomic E-state index is 12.4. The lowest BCUT2D eigenvalue weighted by Crippen LogP contribution is -2.17. The van der Waals surface area contributed by atoms with Gasteiger partial charge in [0.15, 0.2) is 5.75 Å². The van der Waals surface area contributed by atoms with E-state index < -0.39 is 6.36 Å². The lowest BCUT2D eigenvalue weighted by Gasteiger charge is -2.14. The van der Waals surface area contributed by atoms with Crippen molar-refractivity contribution < 1.29 is 17.9 Å². The number of fused-ring (bicyclic) bond motifs is 1. The number of hydrogen-bond acceptors (Lipinski definition) is 3. The van der Waals surface area contributed by atoms with E-state index in [4.69, 9.17) is 0 Å². The Bertz CT molecular complexity index is 596. The van der Waals surface area contributed by atoms with Gasteiger partial charge in [0.25, 0.3) is 0 Å². The summed E-state index contributed by atoms with van der Waals surface area (Å²) in [6, 6.07) is 6.28. The van der Waals surface area contributed by atoms with Gasteiger partial charge in [0.1, 0.15) is 5.52 Å². The van der Waals surface area contributed by atoms with Gasteiger partial charge in [0.2, 0.25) is 0 Å². The average Bonchev–Trinajstić information content (AvgIpc) is 2.28. The van der Waals surface area contributed by atoms with Crippen LogP contribution in [0.25, 0.3) is 10.9 Å². The maximum atomic E-state index is 12.4. The van der Waals surface area contributed by atoms with Crippen LogP contribution in [0.5, 0.6) is 5.75 Å². The molecule has 1 aromatic carbocycles. The van der Waals surface area contributed by atoms with Crippen molar-refractivity contribution in [1.82, 2.24) is 4.98 Å². The smallest absolute Gasteiger partial charge is 0.403 e. The van der Waals surface area contributed by atoms with Gasteiger partial charge in [0.05, 0.1) is 0 Å². The van der Waals surface area contributed by atoms with Crippen molar-refractivity contribution in [3.63, 3.8) is 0 Å². The van der Waals surface area contributed by atoms with Crippen molar-refractivity contribution in [2.24, 2.45) is 0 Å². The largest absolute Gasteiger partial charge is 0.573 e. The summed E-state index contributed by atoms with van der Waals surface area (Å²) < 4.78 is 41.1. The van der Waals surface area contributed by atoms with Gasteiger partial charge in [-0.25, -0.2) is 4.98 Å². The van der Waals surface area contributed by atoms with Gasteiger partial charge in [-0.2, -0.15) is 0 Å². The Morgan fingerprint density at radius 3 is 2.68 bits per heavy atom. The van der Waals surface area contributed by atoms with E-state index in [1.165, 1.54) is 12.1 Å². The fourth-order valence-corrected chi connectivity index (χ4v) is 1.89. The number of halogens is 3. The number of para-hydroxylation sites is 1. The summed E-state index contributed by atoms with van der Waals surface area (Å²) >= 11 is 0. The van der Waals surface area contributed by atoms with Crippen LogP contribution < -0.4 is 10.1 Å². The number of aromatic nitrogens is 1. The molecule has 0 aliphatic carbocycles. The molecule has 102 valence electrons. The predicted octanol–water partition coefficient (Wildman–Crippen LogP) is 3.87. The van der Waals surface area contributed by atoms with Crippen LogP contribution in [0.2, 0.25) is 0 Å². The molecule has 0 radical (unpaired) electrons. The molecule has 0 aliphatic rings. The first kappa shape index (κ1) is 13.5. The zero-order valence-corrected chi connectivity index (χ0v) is 10.5. The van der Waals surface area contributed by atoms with Gasteiger partial charge < -0.3 is 10.1 Å². The highest BCUT2D eigenvalue weighted by molar-refractivity contribution is 5.95. The van der Waals surface area contributed by atoms with Crippen LogP contribution in [-0.4, -0.2) is 17.9 Å². The summed E-state index contributed by atoms with van der Waals surface area (Å²) in [6.07, 6.45) is -4.72. The molecule has 6 heteroatoms. The van der Waals surface area contributed by atoms with Crippen LogP contribution in [0.3, 0.4) is 0 Å². The minimum absolute atomic E-state index is 0.204. The molecule has 1 N–H and O–H groups in total. The summed E-state index contributed by atoms with van der Waals surface area (Å²) in [5.41, 5.74) is 1.58. The number of ether oxygens (including phenoxy) is 1. The molecule has 0 unspecified atom stereocenters. The standard InChI is InChI=1S/C13H13F3N2O/c1-3-17-10-7-8(2)18-12-9(10)5-4-6-11(12)19-13(14,15)16/h4-7H,3H2,1-2H3,(H,17,18). The molecule has 2 rings (SSSR count). The van der Waals surface area contributed by atoms with Gasteiger partial charge in [0, 0.05) is 23.3 Å². The van der Waals surface area contributed by atoms with E-state index in [1.807, 2.05) is 6.92 Å². The Balaban J connectivity index is 2.61. The van der Waals surface area contributed by atoms with Crippen molar-refractivity contribution in [3.05, 3.63) is 30.0 Å². The molecule has 0 aliphatic heterocycles. The van der Waals surface area contributed by atoms with E-state index >= 15 is 0 Å². The molecule has 0 amide bonds. The van der Waals surface area contributed by atoms with E-state index in [0.29, 0.717) is 17.6 Å². The van der Waals surface area contributed by atoms with Gasteiger partial charge in [-0.3, -0.25) is 0 Å². The number of aryl methyl sites for hydroxylation is 1. The van der Waals surface area contributed by atoms with Gasteiger partial charge in [-0.15, -0.1) is 13.2 Å². The minimum Gasteiger partial charge on any atom is -0.403 e. The molecular formula is C13H13F3N2O. The van der Waals surface area contributed by atoms with Crippen molar-refractivity contribution in [1.29, 1.82) is 0 Å². The van der Waals surface area contributed by atoms with Gasteiger partial charge in [-0.05, 0) is 26.0 Å². The fourth-order valence-electron chi connectivity index (χ4n) is 1.89. The maximum Gasteiger partial charge on any atom is 0.573 e. The van der Waals surface area contributed by atoms with Crippen LogP contribution in [-0.2, 0) is 0 Å². The second kappa shape index (κ2) is 4.95. The van der Waals surface area contributed by atoms with Gasteiger partial charge >= 0.3 is 6.36 Å². The number of pyridine rings is 1. The highest BCUT2D eigenvalue weighted by Crippen LogP contribution is 2.33. The minimum atomic E-state index is -4.72. The molecule has 0 spiro atoms. The molecule has 19 heavy (non-hydrogen) atoms. The number of nitrogens with zero attached hydrogens (tertiary/aromatic N) is 1. The number of nitrogens with one attached hydrogen (secondary N) is 1. The molecule has 0 fully saturated rings. The first-order valence-electron chi connectivity index (χ1n) is 5.80. The van der Waals surface area contributed by atoms with Crippen molar-refractivity contribution in [2.45, 2.75) is 20.2 Å². The summed E-state index contributed by atoms with van der Waals surface area (Å²) in [6.45, 7) is 4.31. The molecule has 1 aromatic heterocycles. The second-order valence-corrected chi connectivity index (χ2v) is 4.04. The average molecular weight is 270 g/mol. The van der Waals surface area contributed by atoms with Crippen molar-refractivity contribution in [3.8, 4) is 5.75 Å². The molecule has 2 aromatic rings. The fraction of sp³-hybridized carbons (Fsp3) is 0.308. The highest BCUT2D eigenvalue weighted by Gasteiger charge is 2.32. The topological polar surface area (TPSA) is 34.2 Å². The van der Waals surface area contributed by atoms with E-state index in [-0.39, 0.29) is 11.3 Å². The first-order valence-corrected chi connectivity index (χ1v) is 5.80. The van der Waals surface area contributed by atoms with E-state index in [9.17, 15) is 13.2 Å². The third kappa shape index (κ3) is 3.07. The molecule has 1 heterocycles. The van der Waals surface area contributed by atoms with Gasteiger partial charge in [-0.1, -0.05) is 12.1 Å². The third-order valence-electron chi connectivity index (χ3n) is 2.52. The van der Waals surface area contributed by atoms with Crippen LogP contribution in [0.15, 0.2) is 24.3 Å². The first-order chi connectivity index (χ1) is 8.90. The third-order valence-corrected chi connectivity index (χ3v) is 2.52. The van der Waals surface area contributed by atoms with Crippen LogP contribution in [0, 0.1) is 6.92 Å². The molecule has 0 atom stereocenters. The predicted molar refractivity (Wildman–Crippen MR) is 67.3 cm³/mol. The van der Waals surface area contributed by atoms with E-state index in [1.54, 1.807) is 19.1 Å². The highest BCUT2D eigenvalue weighted by atomic mass is 19.4. The molecule has 3 nitrogen and oxygen atoms in total.